The number of benzene rings is 2. The Balaban J connectivity index is 1.28. The van der Waals surface area contributed by atoms with Crippen molar-refractivity contribution >= 4 is 22.7 Å². The number of hydrogen-bond acceptors (Lipinski definition) is 6. The average Bonchev–Trinajstić information content (AvgIpc) is 3.44. The van der Waals surface area contributed by atoms with Crippen LogP contribution in [-0.2, 0) is 0 Å². The van der Waals surface area contributed by atoms with Gasteiger partial charge in [0.2, 0.25) is 0 Å². The summed E-state index contributed by atoms with van der Waals surface area (Å²) < 4.78 is 18.9. The number of amides is 1. The number of fused-ring (bicyclic) bond motifs is 2. The van der Waals surface area contributed by atoms with Gasteiger partial charge in [-0.1, -0.05) is 16.8 Å². The molecule has 2 atom stereocenters. The van der Waals surface area contributed by atoms with Crippen molar-refractivity contribution in [2.75, 3.05) is 24.5 Å². The van der Waals surface area contributed by atoms with E-state index in [0.717, 1.165) is 23.9 Å². The lowest BCUT2D eigenvalue weighted by Gasteiger charge is -2.53. The predicted molar refractivity (Wildman–Crippen MR) is 115 cm³/mol. The van der Waals surface area contributed by atoms with Gasteiger partial charge in [-0.25, -0.2) is 4.39 Å². The Morgan fingerprint density at radius 2 is 1.97 bits per heavy atom. The molecule has 0 radical (unpaired) electrons. The van der Waals surface area contributed by atoms with E-state index in [1.807, 2.05) is 30.0 Å². The van der Waals surface area contributed by atoms with E-state index >= 15 is 0 Å². The van der Waals surface area contributed by atoms with Crippen molar-refractivity contribution in [2.24, 2.45) is 5.92 Å². The van der Waals surface area contributed by atoms with Crippen LogP contribution >= 0.6 is 0 Å². The Morgan fingerprint density at radius 3 is 2.81 bits per heavy atom. The molecule has 2 fully saturated rings. The highest BCUT2D eigenvalue weighted by Gasteiger charge is 2.45. The second kappa shape index (κ2) is 7.15. The molecular formula is C23H21FN6O2. The number of aryl methyl sites for hydroxylation is 1. The molecule has 162 valence electrons. The van der Waals surface area contributed by atoms with Gasteiger partial charge in [0, 0.05) is 31.6 Å². The Morgan fingerprint density at radius 1 is 1.12 bits per heavy atom. The highest BCUT2D eigenvalue weighted by molar-refractivity contribution is 5.98. The van der Waals surface area contributed by atoms with Crippen molar-refractivity contribution in [1.82, 2.24) is 25.1 Å². The zero-order valence-corrected chi connectivity index (χ0v) is 17.5. The molecule has 4 aromatic rings. The summed E-state index contributed by atoms with van der Waals surface area (Å²) in [5.74, 6) is 0.832. The fourth-order valence-electron chi connectivity index (χ4n) is 4.84. The second-order valence-corrected chi connectivity index (χ2v) is 8.51. The molecule has 0 spiro atoms. The number of aromatic nitrogens is 4. The van der Waals surface area contributed by atoms with Crippen LogP contribution in [0.3, 0.4) is 0 Å². The number of likely N-dealkylation sites (tertiary alicyclic amines) is 1. The molecule has 4 heterocycles. The van der Waals surface area contributed by atoms with E-state index in [9.17, 15) is 9.18 Å². The monoisotopic (exact) mass is 432 g/mol. The lowest BCUT2D eigenvalue weighted by Crippen LogP contribution is -2.65. The third-order valence-electron chi connectivity index (χ3n) is 6.54. The van der Waals surface area contributed by atoms with Crippen LogP contribution in [0.15, 0.2) is 53.3 Å². The van der Waals surface area contributed by atoms with Crippen molar-refractivity contribution < 1.29 is 13.7 Å². The number of anilines is 1. The Labute approximate surface area is 183 Å². The molecule has 2 aliphatic heterocycles. The largest absolute Gasteiger partial charge is 0.354 e. The van der Waals surface area contributed by atoms with Crippen molar-refractivity contribution in [1.29, 1.82) is 0 Å². The van der Waals surface area contributed by atoms with Crippen LogP contribution in [0.25, 0.3) is 16.7 Å². The molecule has 0 aliphatic carbocycles. The van der Waals surface area contributed by atoms with Crippen molar-refractivity contribution in [3.63, 3.8) is 0 Å². The third-order valence-corrected chi connectivity index (χ3v) is 6.54. The fraction of sp³-hybridized carbons (Fsp3) is 0.304. The van der Waals surface area contributed by atoms with E-state index in [1.54, 1.807) is 18.5 Å². The van der Waals surface area contributed by atoms with Crippen LogP contribution in [-0.4, -0.2) is 56.6 Å². The highest BCUT2D eigenvalue weighted by atomic mass is 19.1. The summed E-state index contributed by atoms with van der Waals surface area (Å²) in [5.41, 5.74) is 2.70. The topological polar surface area (TPSA) is 80.3 Å². The van der Waals surface area contributed by atoms with Crippen LogP contribution in [0.5, 0.6) is 0 Å². The summed E-state index contributed by atoms with van der Waals surface area (Å²) in [6.45, 7) is 4.13. The predicted octanol–water partition coefficient (Wildman–Crippen LogP) is 3.21. The average molecular weight is 432 g/mol. The van der Waals surface area contributed by atoms with Crippen molar-refractivity contribution in [3.05, 3.63) is 65.7 Å². The number of carbonyl (C=O) groups excluding carboxylic acids is 1. The molecule has 32 heavy (non-hydrogen) atoms. The highest BCUT2D eigenvalue weighted by Crippen LogP contribution is 2.39. The molecule has 2 saturated heterocycles. The standard InChI is InChI=1S/C23H21FN6O2/c1-14-2-5-19(30-25-7-8-26-30)18(10-14)23(31)28-9-6-15-12-29(20(15)13-28)22-17-4-3-16(24)11-21(17)32-27-22/h2-5,7-8,10-11,15,20H,6,9,12-13H2,1H3/t15-,20-/m0/s1. The lowest BCUT2D eigenvalue weighted by molar-refractivity contribution is 0.0590. The first-order valence-electron chi connectivity index (χ1n) is 10.7. The van der Waals surface area contributed by atoms with Gasteiger partial charge < -0.3 is 14.3 Å². The van der Waals surface area contributed by atoms with Gasteiger partial charge in [0.15, 0.2) is 11.4 Å². The van der Waals surface area contributed by atoms with E-state index in [1.165, 1.54) is 16.9 Å². The van der Waals surface area contributed by atoms with Crippen LogP contribution < -0.4 is 4.90 Å². The lowest BCUT2D eigenvalue weighted by atomic mass is 9.82. The molecule has 2 aromatic heterocycles. The summed E-state index contributed by atoms with van der Waals surface area (Å²) >= 11 is 0. The molecule has 2 aliphatic rings. The number of nitrogens with zero attached hydrogens (tertiary/aromatic N) is 6. The van der Waals surface area contributed by atoms with E-state index in [2.05, 4.69) is 20.3 Å². The smallest absolute Gasteiger partial charge is 0.256 e. The first-order valence-corrected chi connectivity index (χ1v) is 10.7. The van der Waals surface area contributed by atoms with Gasteiger partial charge in [0.1, 0.15) is 5.82 Å². The van der Waals surface area contributed by atoms with Gasteiger partial charge in [-0.2, -0.15) is 15.0 Å². The van der Waals surface area contributed by atoms with E-state index in [4.69, 9.17) is 4.52 Å². The second-order valence-electron chi connectivity index (χ2n) is 8.51. The van der Waals surface area contributed by atoms with Crippen molar-refractivity contribution in [3.8, 4) is 5.69 Å². The van der Waals surface area contributed by atoms with Crippen molar-refractivity contribution in [2.45, 2.75) is 19.4 Å². The molecule has 8 nitrogen and oxygen atoms in total. The van der Waals surface area contributed by atoms with Gasteiger partial charge in [-0.05, 0) is 37.6 Å². The third kappa shape index (κ3) is 2.96. The number of piperidine rings is 1. The van der Waals surface area contributed by atoms with Gasteiger partial charge in [0.25, 0.3) is 5.91 Å². The van der Waals surface area contributed by atoms with E-state index < -0.39 is 0 Å². The van der Waals surface area contributed by atoms with Gasteiger partial charge in [-0.15, -0.1) is 0 Å². The first-order chi connectivity index (χ1) is 15.6. The van der Waals surface area contributed by atoms with Gasteiger partial charge >= 0.3 is 0 Å². The number of hydrogen-bond donors (Lipinski definition) is 0. The zero-order chi connectivity index (χ0) is 21.8. The number of halogens is 1. The normalized spacial score (nSPS) is 20.3. The Hall–Kier alpha value is -3.75. The minimum atomic E-state index is -0.350. The zero-order valence-electron chi connectivity index (χ0n) is 17.5. The molecule has 9 heteroatoms. The van der Waals surface area contributed by atoms with Crippen LogP contribution in [0.1, 0.15) is 22.3 Å². The summed E-state index contributed by atoms with van der Waals surface area (Å²) in [4.78, 5) is 19.1. The Bertz CT molecular complexity index is 1320. The molecule has 0 saturated carbocycles. The molecule has 0 bridgehead atoms. The van der Waals surface area contributed by atoms with E-state index in [-0.39, 0.29) is 17.8 Å². The molecule has 0 N–H and O–H groups in total. The fourth-order valence-corrected chi connectivity index (χ4v) is 4.84. The van der Waals surface area contributed by atoms with Crippen LogP contribution in [0.2, 0.25) is 0 Å². The number of carbonyl (C=O) groups is 1. The first kappa shape index (κ1) is 19.0. The van der Waals surface area contributed by atoms with Gasteiger partial charge in [-0.3, -0.25) is 4.79 Å². The maximum absolute atomic E-state index is 13.6. The van der Waals surface area contributed by atoms with Gasteiger partial charge in [0.05, 0.1) is 35.1 Å². The minimum absolute atomic E-state index is 0.0293. The molecular weight excluding hydrogens is 411 g/mol. The summed E-state index contributed by atoms with van der Waals surface area (Å²) in [6.07, 6.45) is 4.12. The quantitative estimate of drug-likeness (QED) is 0.495. The van der Waals surface area contributed by atoms with E-state index in [0.29, 0.717) is 41.7 Å². The van der Waals surface area contributed by atoms with Crippen LogP contribution in [0.4, 0.5) is 10.2 Å². The SMILES string of the molecule is Cc1ccc(-n2nccn2)c(C(=O)N2CC[C@H]3CN(c4noc5cc(F)ccc45)[C@H]3C2)c1. The molecule has 1 amide bonds. The number of rotatable bonds is 3. The molecule has 0 unspecified atom stereocenters. The van der Waals surface area contributed by atoms with Crippen LogP contribution in [0, 0.1) is 18.7 Å². The maximum Gasteiger partial charge on any atom is 0.256 e. The Kier molecular flexibility index (Phi) is 4.24. The maximum atomic E-state index is 13.6. The molecule has 6 rings (SSSR count). The summed E-state index contributed by atoms with van der Waals surface area (Å²) in [6, 6.07) is 10.3. The minimum Gasteiger partial charge on any atom is -0.354 e. The summed E-state index contributed by atoms with van der Waals surface area (Å²) in [7, 11) is 0. The summed E-state index contributed by atoms with van der Waals surface area (Å²) in [5, 5.41) is 13.4. The molecule has 2 aromatic carbocycles.